The van der Waals surface area contributed by atoms with Crippen molar-refractivity contribution >= 4 is 6.01 Å². The molecule has 0 radical (unpaired) electrons. The monoisotopic (exact) mass is 240 g/mol. The lowest BCUT2D eigenvalue weighted by Gasteiger charge is -2.29. The second-order valence-corrected chi connectivity index (χ2v) is 4.28. The van der Waals surface area contributed by atoms with Gasteiger partial charge in [0.2, 0.25) is 5.89 Å². The molecule has 1 aromatic rings. The summed E-state index contributed by atoms with van der Waals surface area (Å²) in [7, 11) is 0. The van der Waals surface area contributed by atoms with Gasteiger partial charge in [0, 0.05) is 13.1 Å². The van der Waals surface area contributed by atoms with Crippen LogP contribution in [0.15, 0.2) is 4.42 Å². The van der Waals surface area contributed by atoms with Gasteiger partial charge in [0.05, 0.1) is 19.3 Å². The van der Waals surface area contributed by atoms with Crippen LogP contribution in [0.3, 0.4) is 0 Å². The molecule has 2 rings (SSSR count). The van der Waals surface area contributed by atoms with Crippen LogP contribution in [0.4, 0.5) is 6.01 Å². The molecule has 2 heterocycles. The van der Waals surface area contributed by atoms with Crippen molar-refractivity contribution < 1.29 is 9.15 Å². The highest BCUT2D eigenvalue weighted by Gasteiger charge is 2.21. The lowest BCUT2D eigenvalue weighted by atomic mass is 10.3. The quantitative estimate of drug-likeness (QED) is 0.768. The van der Waals surface area contributed by atoms with E-state index in [0.717, 1.165) is 26.1 Å². The molecule has 1 atom stereocenters. The van der Waals surface area contributed by atoms with Crippen LogP contribution in [0.25, 0.3) is 0 Å². The van der Waals surface area contributed by atoms with Gasteiger partial charge in [-0.05, 0) is 19.9 Å². The average molecular weight is 240 g/mol. The smallest absolute Gasteiger partial charge is 0.318 e. The average Bonchev–Trinajstić information content (AvgIpc) is 2.78. The van der Waals surface area contributed by atoms with Crippen LogP contribution in [-0.2, 0) is 11.3 Å². The molecule has 0 spiro atoms. The number of hydrogen-bond donors (Lipinski definition) is 1. The topological polar surface area (TPSA) is 63.4 Å². The molecule has 0 aliphatic carbocycles. The molecule has 0 saturated carbocycles. The van der Waals surface area contributed by atoms with Crippen molar-refractivity contribution in [1.82, 2.24) is 15.5 Å². The van der Waals surface area contributed by atoms with E-state index in [1.54, 1.807) is 0 Å². The van der Waals surface area contributed by atoms with Crippen molar-refractivity contribution in [3.63, 3.8) is 0 Å². The second kappa shape index (κ2) is 5.97. The van der Waals surface area contributed by atoms with Crippen molar-refractivity contribution in [3.05, 3.63) is 5.89 Å². The molecule has 0 amide bonds. The molecular formula is C11H20N4O2. The lowest BCUT2D eigenvalue weighted by Crippen LogP contribution is -2.41. The first-order chi connectivity index (χ1) is 8.29. The highest BCUT2D eigenvalue weighted by Crippen LogP contribution is 2.15. The summed E-state index contributed by atoms with van der Waals surface area (Å²) in [4.78, 5) is 2.07. The molecule has 1 aliphatic rings. The standard InChI is InChI=1S/C11H20N4O2/c1-3-4-12-7-10-13-14-11(17-10)15-5-6-16-9(2)8-15/h9,12H,3-8H2,1-2H3. The Balaban J connectivity index is 1.88. The van der Waals surface area contributed by atoms with Crippen LogP contribution in [-0.4, -0.2) is 42.5 Å². The molecule has 96 valence electrons. The number of aromatic nitrogens is 2. The van der Waals surface area contributed by atoms with Gasteiger partial charge in [0.15, 0.2) is 0 Å². The Morgan fingerprint density at radius 3 is 3.12 bits per heavy atom. The molecule has 6 nitrogen and oxygen atoms in total. The van der Waals surface area contributed by atoms with E-state index in [2.05, 4.69) is 27.3 Å². The fraction of sp³-hybridized carbons (Fsp3) is 0.818. The van der Waals surface area contributed by atoms with E-state index in [9.17, 15) is 0 Å². The Morgan fingerprint density at radius 1 is 1.47 bits per heavy atom. The first-order valence-electron chi connectivity index (χ1n) is 6.19. The summed E-state index contributed by atoms with van der Waals surface area (Å²) in [6, 6.07) is 0.605. The van der Waals surface area contributed by atoms with Crippen LogP contribution in [0.5, 0.6) is 0 Å². The minimum Gasteiger partial charge on any atom is -0.407 e. The van der Waals surface area contributed by atoms with Gasteiger partial charge in [-0.2, -0.15) is 0 Å². The summed E-state index contributed by atoms with van der Waals surface area (Å²) in [5.74, 6) is 0.646. The van der Waals surface area contributed by atoms with Crippen LogP contribution >= 0.6 is 0 Å². The van der Waals surface area contributed by atoms with E-state index < -0.39 is 0 Å². The highest BCUT2D eigenvalue weighted by molar-refractivity contribution is 5.24. The predicted molar refractivity (Wildman–Crippen MR) is 63.9 cm³/mol. The summed E-state index contributed by atoms with van der Waals surface area (Å²) >= 11 is 0. The molecule has 0 aromatic carbocycles. The Morgan fingerprint density at radius 2 is 2.35 bits per heavy atom. The number of ether oxygens (including phenoxy) is 1. The van der Waals surface area contributed by atoms with Crippen LogP contribution in [0.2, 0.25) is 0 Å². The lowest BCUT2D eigenvalue weighted by molar-refractivity contribution is 0.0513. The Hall–Kier alpha value is -1.14. The molecule has 0 bridgehead atoms. The third-order valence-electron chi connectivity index (χ3n) is 2.67. The van der Waals surface area contributed by atoms with Crippen molar-refractivity contribution in [2.24, 2.45) is 0 Å². The van der Waals surface area contributed by atoms with E-state index in [-0.39, 0.29) is 6.10 Å². The zero-order valence-electron chi connectivity index (χ0n) is 10.5. The van der Waals surface area contributed by atoms with Gasteiger partial charge in [-0.15, -0.1) is 5.10 Å². The molecule has 1 aromatic heterocycles. The SMILES string of the molecule is CCCNCc1nnc(N2CCOC(C)C2)o1. The zero-order valence-corrected chi connectivity index (χ0v) is 10.5. The first kappa shape index (κ1) is 12.3. The van der Waals surface area contributed by atoms with Gasteiger partial charge >= 0.3 is 6.01 Å². The maximum atomic E-state index is 5.60. The second-order valence-electron chi connectivity index (χ2n) is 4.28. The molecule has 1 N–H and O–H groups in total. The van der Waals surface area contributed by atoms with Crippen LogP contribution in [0, 0.1) is 0 Å². The first-order valence-corrected chi connectivity index (χ1v) is 6.19. The Bertz CT molecular complexity index is 342. The fourth-order valence-corrected chi connectivity index (χ4v) is 1.81. The largest absolute Gasteiger partial charge is 0.407 e. The van der Waals surface area contributed by atoms with Crippen molar-refractivity contribution in [3.8, 4) is 0 Å². The number of rotatable bonds is 5. The number of nitrogens with one attached hydrogen (secondary N) is 1. The zero-order chi connectivity index (χ0) is 12.1. The molecule has 6 heteroatoms. The van der Waals surface area contributed by atoms with Gasteiger partial charge < -0.3 is 19.4 Å². The van der Waals surface area contributed by atoms with Gasteiger partial charge in [-0.1, -0.05) is 12.0 Å². The van der Waals surface area contributed by atoms with E-state index in [1.165, 1.54) is 0 Å². The number of anilines is 1. The minimum absolute atomic E-state index is 0.220. The van der Waals surface area contributed by atoms with Gasteiger partial charge in [0.25, 0.3) is 0 Å². The number of morpholine rings is 1. The summed E-state index contributed by atoms with van der Waals surface area (Å²) in [5.41, 5.74) is 0. The summed E-state index contributed by atoms with van der Waals surface area (Å²) < 4.78 is 11.1. The molecule has 1 aliphatic heterocycles. The maximum absolute atomic E-state index is 5.60. The Labute approximate surface area is 101 Å². The van der Waals surface area contributed by atoms with Crippen LogP contribution < -0.4 is 10.2 Å². The molecule has 1 unspecified atom stereocenters. The molecule has 1 saturated heterocycles. The van der Waals surface area contributed by atoms with E-state index in [0.29, 0.717) is 25.1 Å². The van der Waals surface area contributed by atoms with Crippen LogP contribution in [0.1, 0.15) is 26.2 Å². The van der Waals surface area contributed by atoms with E-state index in [4.69, 9.17) is 9.15 Å². The van der Waals surface area contributed by atoms with Gasteiger partial charge in [0.1, 0.15) is 0 Å². The summed E-state index contributed by atoms with van der Waals surface area (Å²) in [6.07, 6.45) is 1.32. The Kier molecular flexibility index (Phi) is 4.33. The van der Waals surface area contributed by atoms with Crippen molar-refractivity contribution in [2.75, 3.05) is 31.1 Å². The number of nitrogens with zero attached hydrogens (tertiary/aromatic N) is 3. The van der Waals surface area contributed by atoms with E-state index >= 15 is 0 Å². The van der Waals surface area contributed by atoms with Crippen molar-refractivity contribution in [1.29, 1.82) is 0 Å². The molecule has 1 fully saturated rings. The maximum Gasteiger partial charge on any atom is 0.318 e. The minimum atomic E-state index is 0.220. The third kappa shape index (κ3) is 3.41. The highest BCUT2D eigenvalue weighted by atomic mass is 16.5. The third-order valence-corrected chi connectivity index (χ3v) is 2.67. The normalized spacial score (nSPS) is 20.8. The number of hydrogen-bond acceptors (Lipinski definition) is 6. The summed E-state index contributed by atoms with van der Waals surface area (Å²) in [5, 5.41) is 11.3. The van der Waals surface area contributed by atoms with Gasteiger partial charge in [-0.3, -0.25) is 0 Å². The van der Waals surface area contributed by atoms with Crippen molar-refractivity contribution in [2.45, 2.75) is 32.9 Å². The molecule has 17 heavy (non-hydrogen) atoms. The summed E-state index contributed by atoms with van der Waals surface area (Å²) in [6.45, 7) is 8.12. The van der Waals surface area contributed by atoms with E-state index in [1.807, 2.05) is 6.92 Å². The fourth-order valence-electron chi connectivity index (χ4n) is 1.81. The molecular weight excluding hydrogens is 220 g/mol. The van der Waals surface area contributed by atoms with Gasteiger partial charge in [-0.25, -0.2) is 0 Å². The predicted octanol–water partition coefficient (Wildman–Crippen LogP) is 0.794.